The minimum atomic E-state index is -3.39. The smallest absolute Gasteiger partial charge is 0.259 e. The zero-order valence-corrected chi connectivity index (χ0v) is 22.5. The minimum absolute atomic E-state index is 0.00823. The summed E-state index contributed by atoms with van der Waals surface area (Å²) in [6, 6.07) is 18.0. The van der Waals surface area contributed by atoms with Gasteiger partial charge in [0.2, 0.25) is 10.0 Å². The molecule has 1 aliphatic rings. The second-order valence-corrected chi connectivity index (χ2v) is 11.2. The molecule has 0 fully saturated rings. The number of H-pyrrole nitrogens is 1. The number of imidazole rings is 1. The molecule has 0 unspecified atom stereocenters. The van der Waals surface area contributed by atoms with E-state index in [4.69, 9.17) is 4.74 Å². The Labute approximate surface area is 226 Å². The van der Waals surface area contributed by atoms with Crippen molar-refractivity contribution in [1.29, 1.82) is 0 Å². The molecule has 1 aliphatic heterocycles. The highest BCUT2D eigenvalue weighted by Crippen LogP contribution is 2.30. The van der Waals surface area contributed by atoms with E-state index in [1.807, 2.05) is 18.2 Å². The number of benzene rings is 3. The first-order valence-electron chi connectivity index (χ1n) is 12.5. The second kappa shape index (κ2) is 10.9. The van der Waals surface area contributed by atoms with Gasteiger partial charge in [-0.3, -0.25) is 9.59 Å². The number of sulfonamides is 1. The van der Waals surface area contributed by atoms with Crippen LogP contribution in [-0.4, -0.2) is 50.1 Å². The fourth-order valence-electron chi connectivity index (χ4n) is 4.73. The highest BCUT2D eigenvalue weighted by atomic mass is 32.2. The number of carbonyl (C=O) groups is 2. The molecule has 0 radical (unpaired) electrons. The molecule has 0 aliphatic carbocycles. The van der Waals surface area contributed by atoms with Gasteiger partial charge in [-0.05, 0) is 61.2 Å². The van der Waals surface area contributed by atoms with E-state index in [2.05, 4.69) is 26.1 Å². The topological polar surface area (TPSA) is 133 Å². The number of rotatable bonds is 7. The highest BCUT2D eigenvalue weighted by Gasteiger charge is 2.24. The zero-order chi connectivity index (χ0) is 27.6. The monoisotopic (exact) mass is 547 g/mol. The molecule has 202 valence electrons. The number of amides is 2. The molecule has 0 atom stereocenters. The van der Waals surface area contributed by atoms with Crippen LogP contribution in [0, 0.1) is 0 Å². The molecule has 2 amide bonds. The van der Waals surface area contributed by atoms with E-state index in [0.29, 0.717) is 34.7 Å². The molecule has 0 saturated carbocycles. The summed E-state index contributed by atoms with van der Waals surface area (Å²) in [5.74, 6) is 0.102. The molecular formula is C28H29N5O5S. The molecule has 3 N–H and O–H groups in total. The summed E-state index contributed by atoms with van der Waals surface area (Å²) in [4.78, 5) is 36.1. The summed E-state index contributed by atoms with van der Waals surface area (Å²) in [5, 5.41) is 2.86. The van der Waals surface area contributed by atoms with Crippen molar-refractivity contribution in [2.75, 3.05) is 30.1 Å². The molecule has 0 bridgehead atoms. The van der Waals surface area contributed by atoms with Crippen LogP contribution >= 0.6 is 0 Å². The van der Waals surface area contributed by atoms with Gasteiger partial charge in [-0.25, -0.2) is 18.1 Å². The van der Waals surface area contributed by atoms with E-state index >= 15 is 0 Å². The van der Waals surface area contributed by atoms with Gasteiger partial charge in [-0.2, -0.15) is 0 Å². The lowest BCUT2D eigenvalue weighted by Crippen LogP contribution is -2.31. The van der Waals surface area contributed by atoms with Crippen molar-refractivity contribution in [3.63, 3.8) is 0 Å². The molecule has 2 heterocycles. The molecule has 3 aromatic carbocycles. The van der Waals surface area contributed by atoms with Crippen LogP contribution in [0.2, 0.25) is 0 Å². The van der Waals surface area contributed by atoms with Gasteiger partial charge in [0.05, 0.1) is 36.7 Å². The predicted octanol–water partition coefficient (Wildman–Crippen LogP) is 3.86. The van der Waals surface area contributed by atoms with Crippen LogP contribution in [0.3, 0.4) is 0 Å². The first-order chi connectivity index (χ1) is 18.7. The maximum absolute atomic E-state index is 13.5. The van der Waals surface area contributed by atoms with Crippen molar-refractivity contribution in [1.82, 2.24) is 14.7 Å². The third kappa shape index (κ3) is 5.79. The van der Waals surface area contributed by atoms with Crippen LogP contribution in [0.1, 0.15) is 44.9 Å². The number of fused-ring (bicyclic) bond motifs is 2. The van der Waals surface area contributed by atoms with Gasteiger partial charge in [-0.1, -0.05) is 24.3 Å². The van der Waals surface area contributed by atoms with Crippen molar-refractivity contribution < 1.29 is 22.7 Å². The van der Waals surface area contributed by atoms with Gasteiger partial charge in [0.1, 0.15) is 17.1 Å². The number of methoxy groups -OCH3 is 1. The quantitative estimate of drug-likeness (QED) is 0.322. The number of nitrogens with zero attached hydrogens (tertiary/aromatic N) is 2. The van der Waals surface area contributed by atoms with Gasteiger partial charge in [0, 0.05) is 17.8 Å². The molecule has 5 rings (SSSR count). The number of hydrogen-bond donors (Lipinski definition) is 3. The molecule has 0 spiro atoms. The van der Waals surface area contributed by atoms with Crippen LogP contribution in [0.4, 0.5) is 11.4 Å². The Hall–Kier alpha value is -4.22. The summed E-state index contributed by atoms with van der Waals surface area (Å²) in [6.07, 6.45) is 3.92. The normalized spacial score (nSPS) is 13.5. The Morgan fingerprint density at radius 2 is 1.90 bits per heavy atom. The van der Waals surface area contributed by atoms with Crippen LogP contribution in [0.25, 0.3) is 11.0 Å². The third-order valence-electron chi connectivity index (χ3n) is 6.61. The number of aryl methyl sites for hydroxylation is 1. The van der Waals surface area contributed by atoms with Crippen molar-refractivity contribution in [2.45, 2.75) is 25.8 Å². The number of aromatic amines is 1. The summed E-state index contributed by atoms with van der Waals surface area (Å²) in [5.41, 5.74) is 4.33. The number of carbonyl (C=O) groups excluding carboxylic acids is 2. The standard InChI is InChI=1S/C28H29N5O5S/c1-38-24-16-19(28(35)33-15-6-5-9-18-8-3-4-12-23(18)33)13-14-20(24)27(34)31-22-11-7-10-21-26(22)32-25(30-21)17-29-39(2,36)37/h3-4,7-8,10-14,16,29H,5-6,9,15,17H2,1-2H3,(H,30,32)(H,31,34). The molecule has 39 heavy (non-hydrogen) atoms. The van der Waals surface area contributed by atoms with Crippen LogP contribution in [0.5, 0.6) is 5.75 Å². The number of anilines is 2. The maximum atomic E-state index is 13.5. The fourth-order valence-corrected chi connectivity index (χ4v) is 5.13. The van der Waals surface area contributed by atoms with E-state index in [1.165, 1.54) is 7.11 Å². The lowest BCUT2D eigenvalue weighted by atomic mass is 10.1. The number of aromatic nitrogens is 2. The molecule has 4 aromatic rings. The molecule has 1 aromatic heterocycles. The lowest BCUT2D eigenvalue weighted by Gasteiger charge is -2.23. The molecule has 11 heteroatoms. The number of para-hydroxylation sites is 2. The van der Waals surface area contributed by atoms with E-state index in [1.54, 1.807) is 41.3 Å². The largest absolute Gasteiger partial charge is 0.496 e. The Balaban J connectivity index is 1.39. The van der Waals surface area contributed by atoms with Crippen LogP contribution in [0.15, 0.2) is 60.7 Å². The van der Waals surface area contributed by atoms with Gasteiger partial charge in [-0.15, -0.1) is 0 Å². The average Bonchev–Trinajstić information content (AvgIpc) is 3.24. The third-order valence-corrected chi connectivity index (χ3v) is 7.28. The van der Waals surface area contributed by atoms with Crippen molar-refractivity contribution in [2.24, 2.45) is 0 Å². The Kier molecular flexibility index (Phi) is 7.36. The van der Waals surface area contributed by atoms with E-state index in [-0.39, 0.29) is 23.8 Å². The van der Waals surface area contributed by atoms with Gasteiger partial charge in [0.15, 0.2) is 0 Å². The number of hydrogen-bond acceptors (Lipinski definition) is 6. The van der Waals surface area contributed by atoms with Crippen LogP contribution < -0.4 is 19.7 Å². The van der Waals surface area contributed by atoms with Crippen molar-refractivity contribution in [3.8, 4) is 5.75 Å². The molecular weight excluding hydrogens is 518 g/mol. The Morgan fingerprint density at radius 1 is 1.08 bits per heavy atom. The Bertz CT molecular complexity index is 1660. The first kappa shape index (κ1) is 26.4. The lowest BCUT2D eigenvalue weighted by molar-refractivity contribution is 0.0982. The second-order valence-electron chi connectivity index (χ2n) is 9.39. The summed E-state index contributed by atoms with van der Waals surface area (Å²) in [7, 11) is -1.93. The summed E-state index contributed by atoms with van der Waals surface area (Å²) < 4.78 is 30.8. The SMILES string of the molecule is COc1cc(C(=O)N2CCCCc3ccccc32)ccc1C(=O)Nc1cccc2[nH]c(CNS(C)(=O)=O)nc12. The molecule has 0 saturated heterocycles. The van der Waals surface area contributed by atoms with Gasteiger partial charge < -0.3 is 19.9 Å². The average molecular weight is 548 g/mol. The summed E-state index contributed by atoms with van der Waals surface area (Å²) >= 11 is 0. The minimum Gasteiger partial charge on any atom is -0.496 e. The number of ether oxygens (including phenoxy) is 1. The first-order valence-corrected chi connectivity index (χ1v) is 14.4. The fraction of sp³-hybridized carbons (Fsp3) is 0.250. The van der Waals surface area contributed by atoms with E-state index in [0.717, 1.165) is 36.8 Å². The highest BCUT2D eigenvalue weighted by molar-refractivity contribution is 7.88. The van der Waals surface area contributed by atoms with E-state index < -0.39 is 15.9 Å². The van der Waals surface area contributed by atoms with E-state index in [9.17, 15) is 18.0 Å². The number of nitrogens with one attached hydrogen (secondary N) is 3. The zero-order valence-electron chi connectivity index (χ0n) is 21.7. The molecule has 10 nitrogen and oxygen atoms in total. The van der Waals surface area contributed by atoms with Crippen LogP contribution in [-0.2, 0) is 23.0 Å². The van der Waals surface area contributed by atoms with Gasteiger partial charge >= 0.3 is 0 Å². The van der Waals surface area contributed by atoms with Gasteiger partial charge in [0.25, 0.3) is 11.8 Å². The predicted molar refractivity (Wildman–Crippen MR) is 150 cm³/mol. The van der Waals surface area contributed by atoms with Crippen molar-refractivity contribution in [3.05, 3.63) is 83.2 Å². The Morgan fingerprint density at radius 3 is 2.69 bits per heavy atom. The maximum Gasteiger partial charge on any atom is 0.259 e. The summed E-state index contributed by atoms with van der Waals surface area (Å²) in [6.45, 7) is 0.613. The van der Waals surface area contributed by atoms with Crippen molar-refractivity contribution >= 4 is 44.2 Å².